The fourth-order valence-electron chi connectivity index (χ4n) is 3.09. The number of rotatable bonds is 6. The molecule has 1 aliphatic heterocycles. The number of fused-ring (bicyclic) bond motifs is 1. The van der Waals surface area contributed by atoms with Crippen LogP contribution < -0.4 is 15.5 Å². The van der Waals surface area contributed by atoms with Crippen molar-refractivity contribution in [3.63, 3.8) is 0 Å². The summed E-state index contributed by atoms with van der Waals surface area (Å²) in [5.41, 5.74) is 1.64. The Morgan fingerprint density at radius 3 is 2.78 bits per heavy atom. The van der Waals surface area contributed by atoms with Gasteiger partial charge in [0.1, 0.15) is 0 Å². The highest BCUT2D eigenvalue weighted by atomic mass is 16.3. The Morgan fingerprint density at radius 2 is 2.04 bits per heavy atom. The Hall–Kier alpha value is -3.35. The van der Waals surface area contributed by atoms with Gasteiger partial charge in [-0.1, -0.05) is 24.8 Å². The van der Waals surface area contributed by atoms with E-state index in [1.54, 1.807) is 17.0 Å². The van der Waals surface area contributed by atoms with Crippen LogP contribution in [0.15, 0.2) is 59.7 Å². The normalized spacial score (nSPS) is 15.6. The highest BCUT2D eigenvalue weighted by Gasteiger charge is 2.30. The molecule has 1 aromatic carbocycles. The minimum absolute atomic E-state index is 0.162. The van der Waals surface area contributed by atoms with Crippen molar-refractivity contribution in [2.75, 3.05) is 18.0 Å². The van der Waals surface area contributed by atoms with Crippen LogP contribution in [-0.4, -0.2) is 30.8 Å². The summed E-state index contributed by atoms with van der Waals surface area (Å²) in [4.78, 5) is 37.7. The number of nitrogens with zero attached hydrogens (tertiary/aromatic N) is 1. The molecule has 0 bridgehead atoms. The van der Waals surface area contributed by atoms with Gasteiger partial charge in [-0.05, 0) is 36.3 Å². The Labute approximate surface area is 157 Å². The van der Waals surface area contributed by atoms with E-state index in [0.29, 0.717) is 13.0 Å². The van der Waals surface area contributed by atoms with Gasteiger partial charge in [-0.2, -0.15) is 0 Å². The fourth-order valence-corrected chi connectivity index (χ4v) is 3.09. The third kappa shape index (κ3) is 4.25. The van der Waals surface area contributed by atoms with Crippen LogP contribution in [0.25, 0.3) is 0 Å². The molecule has 2 N–H and O–H groups in total. The van der Waals surface area contributed by atoms with Gasteiger partial charge in [-0.15, -0.1) is 0 Å². The summed E-state index contributed by atoms with van der Waals surface area (Å²) < 4.78 is 5.23. The molecule has 2 heterocycles. The van der Waals surface area contributed by atoms with Crippen LogP contribution in [0.5, 0.6) is 0 Å². The van der Waals surface area contributed by atoms with Gasteiger partial charge in [0.15, 0.2) is 5.76 Å². The van der Waals surface area contributed by atoms with Crippen LogP contribution in [0.4, 0.5) is 5.69 Å². The van der Waals surface area contributed by atoms with Crippen LogP contribution in [0.1, 0.15) is 35.0 Å². The van der Waals surface area contributed by atoms with Gasteiger partial charge in [0.2, 0.25) is 11.8 Å². The van der Waals surface area contributed by atoms with Gasteiger partial charge < -0.3 is 20.0 Å². The van der Waals surface area contributed by atoms with Gasteiger partial charge in [0.05, 0.1) is 12.3 Å². The molecule has 1 unspecified atom stereocenters. The first-order valence-electron chi connectivity index (χ1n) is 8.74. The van der Waals surface area contributed by atoms with E-state index in [-0.39, 0.29) is 42.5 Å². The monoisotopic (exact) mass is 367 g/mol. The summed E-state index contributed by atoms with van der Waals surface area (Å²) in [5, 5.41) is 5.56. The molecule has 7 heteroatoms. The number of benzene rings is 1. The number of furan rings is 1. The summed E-state index contributed by atoms with van der Waals surface area (Å²) in [5.74, 6) is -0.391. The second kappa shape index (κ2) is 8.35. The van der Waals surface area contributed by atoms with Crippen LogP contribution in [0, 0.1) is 0 Å². The number of hydrogen-bond acceptors (Lipinski definition) is 4. The van der Waals surface area contributed by atoms with E-state index in [1.807, 2.05) is 24.3 Å². The van der Waals surface area contributed by atoms with Crippen LogP contribution in [-0.2, 0) is 9.59 Å². The van der Waals surface area contributed by atoms with E-state index in [4.69, 9.17) is 4.42 Å². The quantitative estimate of drug-likeness (QED) is 0.766. The first kappa shape index (κ1) is 18.4. The van der Waals surface area contributed by atoms with Gasteiger partial charge in [0.25, 0.3) is 5.91 Å². The van der Waals surface area contributed by atoms with Crippen molar-refractivity contribution in [3.8, 4) is 0 Å². The topological polar surface area (TPSA) is 91.7 Å². The van der Waals surface area contributed by atoms with E-state index < -0.39 is 0 Å². The SMILES string of the molecule is C=CC(=O)NCCC(=O)NC1CCN(C(=O)c2ccco2)c2ccccc21. The maximum atomic E-state index is 12.7. The minimum Gasteiger partial charge on any atom is -0.459 e. The lowest BCUT2D eigenvalue weighted by Gasteiger charge is -2.34. The second-order valence-electron chi connectivity index (χ2n) is 6.15. The van der Waals surface area contributed by atoms with Crippen LogP contribution >= 0.6 is 0 Å². The fraction of sp³-hybridized carbons (Fsp3) is 0.250. The summed E-state index contributed by atoms with van der Waals surface area (Å²) in [7, 11) is 0. The first-order chi connectivity index (χ1) is 13.1. The predicted molar refractivity (Wildman–Crippen MR) is 100 cm³/mol. The molecule has 3 amide bonds. The first-order valence-corrected chi connectivity index (χ1v) is 8.74. The molecular formula is C20H21N3O4. The molecule has 0 saturated heterocycles. The second-order valence-corrected chi connectivity index (χ2v) is 6.15. The molecule has 7 nitrogen and oxygen atoms in total. The molecule has 0 fully saturated rings. The Morgan fingerprint density at radius 1 is 1.22 bits per heavy atom. The maximum absolute atomic E-state index is 12.7. The molecule has 3 rings (SSSR count). The van der Waals surface area contributed by atoms with Crippen molar-refractivity contribution >= 4 is 23.4 Å². The van der Waals surface area contributed by atoms with Gasteiger partial charge in [-0.25, -0.2) is 0 Å². The molecule has 0 spiro atoms. The predicted octanol–water partition coefficient (Wildman–Crippen LogP) is 2.18. The number of anilines is 1. The molecular weight excluding hydrogens is 346 g/mol. The summed E-state index contributed by atoms with van der Waals surface area (Å²) in [6.07, 6.45) is 3.40. The van der Waals surface area contributed by atoms with E-state index in [0.717, 1.165) is 11.3 Å². The summed E-state index contributed by atoms with van der Waals surface area (Å²) in [6.45, 7) is 4.08. The molecule has 0 saturated carbocycles. The third-order valence-corrected chi connectivity index (χ3v) is 4.39. The van der Waals surface area contributed by atoms with Gasteiger partial charge >= 0.3 is 0 Å². The lowest BCUT2D eigenvalue weighted by atomic mass is 9.96. The number of carbonyl (C=O) groups excluding carboxylic acids is 3. The summed E-state index contributed by atoms with van der Waals surface area (Å²) in [6, 6.07) is 10.6. The number of amides is 3. The van der Waals surface area contributed by atoms with Crippen molar-refractivity contribution in [3.05, 3.63) is 66.6 Å². The largest absolute Gasteiger partial charge is 0.459 e. The van der Waals surface area contributed by atoms with E-state index in [1.165, 1.54) is 12.3 Å². The average molecular weight is 367 g/mol. The smallest absolute Gasteiger partial charge is 0.293 e. The standard InChI is InChI=1S/C20H21N3O4/c1-2-18(24)21-11-9-19(25)22-15-10-12-23(16-7-4-3-6-14(15)16)20(26)17-8-5-13-27-17/h2-8,13,15H,1,9-12H2,(H,21,24)(H,22,25). The van der Waals surface area contributed by atoms with Gasteiger partial charge in [-0.3, -0.25) is 14.4 Å². The maximum Gasteiger partial charge on any atom is 0.293 e. The van der Waals surface area contributed by atoms with E-state index in [2.05, 4.69) is 17.2 Å². The molecule has 2 aromatic rings. The molecule has 27 heavy (non-hydrogen) atoms. The minimum atomic E-state index is -0.308. The third-order valence-electron chi connectivity index (χ3n) is 4.39. The molecule has 0 radical (unpaired) electrons. The zero-order valence-corrected chi connectivity index (χ0v) is 14.8. The van der Waals surface area contributed by atoms with E-state index >= 15 is 0 Å². The molecule has 1 aromatic heterocycles. The van der Waals surface area contributed by atoms with Gasteiger partial charge in [0, 0.05) is 25.2 Å². The number of hydrogen-bond donors (Lipinski definition) is 2. The van der Waals surface area contributed by atoms with Crippen molar-refractivity contribution in [1.82, 2.24) is 10.6 Å². The Balaban J connectivity index is 1.68. The van der Waals surface area contributed by atoms with Crippen molar-refractivity contribution in [2.24, 2.45) is 0 Å². The Bertz CT molecular complexity index is 845. The van der Waals surface area contributed by atoms with Crippen molar-refractivity contribution < 1.29 is 18.8 Å². The molecule has 1 aliphatic rings. The Kier molecular flexibility index (Phi) is 5.71. The van der Waals surface area contributed by atoms with E-state index in [9.17, 15) is 14.4 Å². The highest BCUT2D eigenvalue weighted by Crippen LogP contribution is 2.34. The average Bonchev–Trinajstić information content (AvgIpc) is 3.22. The number of carbonyl (C=O) groups is 3. The number of para-hydroxylation sites is 1. The lowest BCUT2D eigenvalue weighted by molar-refractivity contribution is -0.122. The molecule has 0 aliphatic carbocycles. The molecule has 140 valence electrons. The molecule has 1 atom stereocenters. The van der Waals surface area contributed by atoms with Crippen LogP contribution in [0.2, 0.25) is 0 Å². The van der Waals surface area contributed by atoms with Crippen molar-refractivity contribution in [2.45, 2.75) is 18.9 Å². The zero-order chi connectivity index (χ0) is 19.2. The highest BCUT2D eigenvalue weighted by molar-refractivity contribution is 6.05. The number of nitrogens with one attached hydrogen (secondary N) is 2. The summed E-state index contributed by atoms with van der Waals surface area (Å²) >= 11 is 0. The zero-order valence-electron chi connectivity index (χ0n) is 14.8. The van der Waals surface area contributed by atoms with Crippen LogP contribution in [0.3, 0.4) is 0 Å². The lowest BCUT2D eigenvalue weighted by Crippen LogP contribution is -2.41. The van der Waals surface area contributed by atoms with Crippen molar-refractivity contribution in [1.29, 1.82) is 0 Å².